The zero-order chi connectivity index (χ0) is 10.6. The minimum Gasteiger partial charge on any atom is -0.393 e. The summed E-state index contributed by atoms with van der Waals surface area (Å²) in [5.74, 6) is 0.222. The summed E-state index contributed by atoms with van der Waals surface area (Å²) in [6.45, 7) is 1.04. The number of nitrogens with one attached hydrogen (secondary N) is 1. The molecular weight excluding hydrogens is 184 g/mol. The van der Waals surface area contributed by atoms with E-state index in [1.807, 2.05) is 0 Å². The summed E-state index contributed by atoms with van der Waals surface area (Å²) < 4.78 is 0. The molecule has 5 heteroatoms. The van der Waals surface area contributed by atoms with E-state index in [9.17, 15) is 9.90 Å². The Labute approximate surface area is 81.4 Å². The Kier molecular flexibility index (Phi) is 3.55. The van der Waals surface area contributed by atoms with Crippen LogP contribution in [0.4, 0.5) is 5.82 Å². The van der Waals surface area contributed by atoms with E-state index in [0.717, 1.165) is 0 Å². The molecule has 0 saturated heterocycles. The highest BCUT2D eigenvalue weighted by Crippen LogP contribution is 2.12. The number of rotatable bonds is 3. The SMILES string of the molecule is CC(=O)Nc1ccc([C@H](O)CO)cn1. The summed E-state index contributed by atoms with van der Waals surface area (Å²) in [5, 5.41) is 20.4. The number of nitrogens with zero attached hydrogens (tertiary/aromatic N) is 1. The summed E-state index contributed by atoms with van der Waals surface area (Å²) in [5.41, 5.74) is 0.515. The van der Waals surface area contributed by atoms with Gasteiger partial charge in [0.2, 0.25) is 5.91 Å². The summed E-state index contributed by atoms with van der Waals surface area (Å²) in [7, 11) is 0. The second-order valence-electron chi connectivity index (χ2n) is 2.86. The first-order valence-corrected chi connectivity index (χ1v) is 4.16. The van der Waals surface area contributed by atoms with Crippen LogP contribution in [0, 0.1) is 0 Å². The van der Waals surface area contributed by atoms with Gasteiger partial charge in [-0.25, -0.2) is 4.98 Å². The van der Waals surface area contributed by atoms with Crippen molar-refractivity contribution in [2.75, 3.05) is 11.9 Å². The Morgan fingerprint density at radius 3 is 2.79 bits per heavy atom. The van der Waals surface area contributed by atoms with Crippen molar-refractivity contribution < 1.29 is 15.0 Å². The van der Waals surface area contributed by atoms with Gasteiger partial charge in [-0.15, -0.1) is 0 Å². The molecule has 0 aromatic carbocycles. The summed E-state index contributed by atoms with van der Waals surface area (Å²) in [4.78, 5) is 14.5. The third kappa shape index (κ3) is 2.79. The molecule has 0 fully saturated rings. The largest absolute Gasteiger partial charge is 0.393 e. The zero-order valence-corrected chi connectivity index (χ0v) is 7.77. The molecule has 0 saturated carbocycles. The first kappa shape index (κ1) is 10.6. The second-order valence-corrected chi connectivity index (χ2v) is 2.86. The molecule has 0 radical (unpaired) electrons. The van der Waals surface area contributed by atoms with Crippen LogP contribution in [-0.4, -0.2) is 27.7 Å². The fourth-order valence-electron chi connectivity index (χ4n) is 0.962. The Bertz CT molecular complexity index is 310. The molecule has 3 N–H and O–H groups in total. The minimum absolute atomic E-state index is 0.201. The average Bonchev–Trinajstić information content (AvgIpc) is 2.17. The molecule has 0 unspecified atom stereocenters. The number of carbonyl (C=O) groups excluding carboxylic acids is 1. The van der Waals surface area contributed by atoms with Crippen LogP contribution in [0.25, 0.3) is 0 Å². The number of anilines is 1. The first-order chi connectivity index (χ1) is 6.63. The number of carbonyl (C=O) groups is 1. The van der Waals surface area contributed by atoms with E-state index in [1.165, 1.54) is 13.1 Å². The molecule has 1 aromatic rings. The van der Waals surface area contributed by atoms with Gasteiger partial charge in [-0.3, -0.25) is 4.79 Å². The Hall–Kier alpha value is -1.46. The number of aliphatic hydroxyl groups is 2. The first-order valence-electron chi connectivity index (χ1n) is 4.16. The van der Waals surface area contributed by atoms with Crippen molar-refractivity contribution in [3.05, 3.63) is 23.9 Å². The van der Waals surface area contributed by atoms with E-state index in [2.05, 4.69) is 10.3 Å². The molecule has 5 nitrogen and oxygen atoms in total. The quantitative estimate of drug-likeness (QED) is 0.638. The van der Waals surface area contributed by atoms with Gasteiger partial charge in [-0.2, -0.15) is 0 Å². The standard InChI is InChI=1S/C9H12N2O3/c1-6(13)11-9-3-2-7(4-10-9)8(14)5-12/h2-4,8,12,14H,5H2,1H3,(H,10,11,13)/t8-/m1/s1. The molecule has 0 aliphatic carbocycles. The van der Waals surface area contributed by atoms with Gasteiger partial charge >= 0.3 is 0 Å². The molecule has 1 atom stereocenters. The van der Waals surface area contributed by atoms with Crippen molar-refractivity contribution >= 4 is 11.7 Å². The van der Waals surface area contributed by atoms with Crippen molar-refractivity contribution in [1.29, 1.82) is 0 Å². The van der Waals surface area contributed by atoms with Gasteiger partial charge in [-0.05, 0) is 6.07 Å². The van der Waals surface area contributed by atoms with Crippen molar-refractivity contribution in [3.8, 4) is 0 Å². The Balaban J connectivity index is 2.73. The molecule has 76 valence electrons. The van der Waals surface area contributed by atoms with Gasteiger partial charge in [0.15, 0.2) is 0 Å². The van der Waals surface area contributed by atoms with Crippen LogP contribution in [0.1, 0.15) is 18.6 Å². The fraction of sp³-hybridized carbons (Fsp3) is 0.333. The molecule has 0 bridgehead atoms. The smallest absolute Gasteiger partial charge is 0.222 e. The lowest BCUT2D eigenvalue weighted by Gasteiger charge is -2.07. The van der Waals surface area contributed by atoms with Crippen molar-refractivity contribution in [1.82, 2.24) is 4.98 Å². The predicted octanol–water partition coefficient (Wildman–Crippen LogP) is 0.0657. The van der Waals surface area contributed by atoms with Gasteiger partial charge in [-0.1, -0.05) is 6.07 Å². The molecule has 0 spiro atoms. The van der Waals surface area contributed by atoms with Crippen LogP contribution in [-0.2, 0) is 4.79 Å². The third-order valence-corrected chi connectivity index (χ3v) is 1.65. The van der Waals surface area contributed by atoms with E-state index in [0.29, 0.717) is 11.4 Å². The van der Waals surface area contributed by atoms with E-state index in [4.69, 9.17) is 5.11 Å². The Morgan fingerprint density at radius 2 is 2.36 bits per heavy atom. The summed E-state index contributed by atoms with van der Waals surface area (Å²) in [6, 6.07) is 3.16. The maximum Gasteiger partial charge on any atom is 0.222 e. The molecular formula is C9H12N2O3. The molecule has 0 aliphatic heterocycles. The van der Waals surface area contributed by atoms with E-state index in [-0.39, 0.29) is 12.5 Å². The van der Waals surface area contributed by atoms with E-state index < -0.39 is 6.10 Å². The number of hydrogen-bond acceptors (Lipinski definition) is 4. The van der Waals surface area contributed by atoms with Crippen molar-refractivity contribution in [2.45, 2.75) is 13.0 Å². The summed E-state index contributed by atoms with van der Waals surface area (Å²) >= 11 is 0. The number of aliphatic hydroxyl groups excluding tert-OH is 2. The van der Waals surface area contributed by atoms with E-state index >= 15 is 0 Å². The van der Waals surface area contributed by atoms with Gasteiger partial charge in [0.1, 0.15) is 11.9 Å². The van der Waals surface area contributed by atoms with Gasteiger partial charge in [0.05, 0.1) is 6.61 Å². The number of pyridine rings is 1. The van der Waals surface area contributed by atoms with Crippen LogP contribution in [0.15, 0.2) is 18.3 Å². The predicted molar refractivity (Wildman–Crippen MR) is 50.6 cm³/mol. The van der Waals surface area contributed by atoms with Crippen LogP contribution in [0.3, 0.4) is 0 Å². The highest BCUT2D eigenvalue weighted by atomic mass is 16.3. The number of hydrogen-bond donors (Lipinski definition) is 3. The van der Waals surface area contributed by atoms with Crippen LogP contribution in [0.2, 0.25) is 0 Å². The lowest BCUT2D eigenvalue weighted by molar-refractivity contribution is -0.114. The maximum atomic E-state index is 10.6. The molecule has 1 heterocycles. The van der Waals surface area contributed by atoms with Gasteiger partial charge in [0, 0.05) is 18.7 Å². The lowest BCUT2D eigenvalue weighted by Crippen LogP contribution is -2.08. The van der Waals surface area contributed by atoms with E-state index in [1.54, 1.807) is 12.1 Å². The average molecular weight is 196 g/mol. The lowest BCUT2D eigenvalue weighted by atomic mass is 10.2. The van der Waals surface area contributed by atoms with Crippen LogP contribution >= 0.6 is 0 Å². The fourth-order valence-corrected chi connectivity index (χ4v) is 0.962. The van der Waals surface area contributed by atoms with Crippen molar-refractivity contribution in [3.63, 3.8) is 0 Å². The monoisotopic (exact) mass is 196 g/mol. The molecule has 1 aromatic heterocycles. The van der Waals surface area contributed by atoms with Crippen LogP contribution in [0.5, 0.6) is 0 Å². The normalized spacial score (nSPS) is 12.2. The van der Waals surface area contributed by atoms with Gasteiger partial charge < -0.3 is 15.5 Å². The third-order valence-electron chi connectivity index (χ3n) is 1.65. The van der Waals surface area contributed by atoms with Crippen molar-refractivity contribution in [2.24, 2.45) is 0 Å². The molecule has 1 rings (SSSR count). The highest BCUT2D eigenvalue weighted by Gasteiger charge is 2.05. The topological polar surface area (TPSA) is 82.5 Å². The van der Waals surface area contributed by atoms with Crippen LogP contribution < -0.4 is 5.32 Å². The number of aromatic nitrogens is 1. The second kappa shape index (κ2) is 4.69. The summed E-state index contributed by atoms with van der Waals surface area (Å²) in [6.07, 6.45) is 0.487. The van der Waals surface area contributed by atoms with Gasteiger partial charge in [0.25, 0.3) is 0 Å². The minimum atomic E-state index is -0.922. The maximum absolute atomic E-state index is 10.6. The highest BCUT2D eigenvalue weighted by molar-refractivity contribution is 5.87. The zero-order valence-electron chi connectivity index (χ0n) is 7.77. The molecule has 14 heavy (non-hydrogen) atoms. The Morgan fingerprint density at radius 1 is 1.64 bits per heavy atom. The molecule has 0 aliphatic rings. The number of amides is 1. The molecule has 1 amide bonds.